The van der Waals surface area contributed by atoms with Crippen LogP contribution in [0.3, 0.4) is 0 Å². The van der Waals surface area contributed by atoms with Crippen molar-refractivity contribution >= 4 is 32.6 Å². The summed E-state index contributed by atoms with van der Waals surface area (Å²) in [5, 5.41) is 13.6. The molecule has 0 fully saturated rings. The van der Waals surface area contributed by atoms with Gasteiger partial charge in [0.05, 0.1) is 28.4 Å². The highest BCUT2D eigenvalue weighted by Crippen LogP contribution is 2.36. The van der Waals surface area contributed by atoms with Crippen LogP contribution >= 0.6 is 0 Å². The minimum atomic E-state index is 0.669. The molecule has 0 amide bonds. The molecule has 2 heterocycles. The quantitative estimate of drug-likeness (QED) is 0.236. The predicted octanol–water partition coefficient (Wildman–Crippen LogP) is 8.81. The first-order valence-corrected chi connectivity index (χ1v) is 12.6. The molecular weight excluding hydrogens is 462 g/mol. The molecule has 0 radical (unpaired) electrons. The van der Waals surface area contributed by atoms with Crippen LogP contribution in [0.4, 0.5) is 0 Å². The number of hydrogen-bond donors (Lipinski definition) is 0. The van der Waals surface area contributed by atoms with E-state index in [0.29, 0.717) is 5.56 Å². The van der Waals surface area contributed by atoms with E-state index in [9.17, 15) is 0 Å². The van der Waals surface area contributed by atoms with Gasteiger partial charge in [0.25, 0.3) is 0 Å². The third kappa shape index (κ3) is 3.68. The number of hydrogen-bond acceptors (Lipinski definition) is 3. The maximum absolute atomic E-state index is 9.07. The van der Waals surface area contributed by atoms with Gasteiger partial charge in [0.1, 0.15) is 0 Å². The molecule has 0 aliphatic heterocycles. The van der Waals surface area contributed by atoms with Crippen molar-refractivity contribution in [2.75, 3.05) is 0 Å². The lowest BCUT2D eigenvalue weighted by molar-refractivity contribution is 1.37. The molecule has 2 aromatic heterocycles. The molecule has 0 atom stereocenters. The molecule has 0 saturated heterocycles. The summed E-state index contributed by atoms with van der Waals surface area (Å²) in [4.78, 5) is 9.72. The van der Waals surface area contributed by atoms with Crippen molar-refractivity contribution in [3.05, 3.63) is 133 Å². The molecule has 3 nitrogen and oxygen atoms in total. The highest BCUT2D eigenvalue weighted by molar-refractivity contribution is 6.07. The lowest BCUT2D eigenvalue weighted by Crippen LogP contribution is -1.91. The number of pyridine rings is 2. The molecule has 7 rings (SSSR count). The Morgan fingerprint density at radius 2 is 1.11 bits per heavy atom. The zero-order valence-corrected chi connectivity index (χ0v) is 20.5. The van der Waals surface area contributed by atoms with E-state index in [1.807, 2.05) is 36.5 Å². The number of fused-ring (bicyclic) bond motifs is 4. The van der Waals surface area contributed by atoms with Gasteiger partial charge >= 0.3 is 0 Å². The first-order valence-electron chi connectivity index (χ1n) is 12.6. The van der Waals surface area contributed by atoms with Gasteiger partial charge in [-0.3, -0.25) is 4.98 Å². The number of nitrogens with zero attached hydrogens (tertiary/aromatic N) is 3. The second-order valence-corrected chi connectivity index (χ2v) is 9.38. The number of nitriles is 1. The molecule has 0 spiro atoms. The Morgan fingerprint density at radius 1 is 0.500 bits per heavy atom. The van der Waals surface area contributed by atoms with Gasteiger partial charge in [0.15, 0.2) is 0 Å². The molecule has 0 bridgehead atoms. The Morgan fingerprint density at radius 3 is 1.84 bits per heavy atom. The summed E-state index contributed by atoms with van der Waals surface area (Å²) in [6.45, 7) is 0. The zero-order valence-electron chi connectivity index (χ0n) is 20.5. The van der Waals surface area contributed by atoms with E-state index in [-0.39, 0.29) is 0 Å². The van der Waals surface area contributed by atoms with Crippen LogP contribution in [-0.2, 0) is 0 Å². The van der Waals surface area contributed by atoms with Crippen LogP contribution in [0.5, 0.6) is 0 Å². The van der Waals surface area contributed by atoms with Gasteiger partial charge in [0.2, 0.25) is 0 Å². The Balaban J connectivity index is 1.33. The summed E-state index contributed by atoms with van der Waals surface area (Å²) in [6.07, 6.45) is 1.83. The fourth-order valence-electron chi connectivity index (χ4n) is 5.23. The molecule has 176 valence electrons. The van der Waals surface area contributed by atoms with Gasteiger partial charge < -0.3 is 0 Å². The van der Waals surface area contributed by atoms with E-state index in [1.54, 1.807) is 0 Å². The van der Waals surface area contributed by atoms with Gasteiger partial charge in [-0.05, 0) is 57.3 Å². The maximum Gasteiger partial charge on any atom is 0.0991 e. The molecule has 0 saturated carbocycles. The first-order chi connectivity index (χ1) is 18.8. The average Bonchev–Trinajstić information content (AvgIpc) is 3.00. The van der Waals surface area contributed by atoms with Gasteiger partial charge in [0, 0.05) is 22.5 Å². The molecule has 38 heavy (non-hydrogen) atoms. The molecule has 0 unspecified atom stereocenters. The fourth-order valence-corrected chi connectivity index (χ4v) is 5.23. The second-order valence-electron chi connectivity index (χ2n) is 9.38. The van der Waals surface area contributed by atoms with E-state index in [1.165, 1.54) is 16.3 Å². The highest BCUT2D eigenvalue weighted by Gasteiger charge is 2.12. The van der Waals surface area contributed by atoms with Crippen LogP contribution in [0.15, 0.2) is 128 Å². The van der Waals surface area contributed by atoms with Crippen molar-refractivity contribution < 1.29 is 0 Å². The normalized spacial score (nSPS) is 11.1. The minimum absolute atomic E-state index is 0.669. The lowest BCUT2D eigenvalue weighted by atomic mass is 9.92. The van der Waals surface area contributed by atoms with E-state index in [4.69, 9.17) is 10.2 Å². The van der Waals surface area contributed by atoms with Crippen molar-refractivity contribution in [2.45, 2.75) is 0 Å². The van der Waals surface area contributed by atoms with Crippen LogP contribution in [0.1, 0.15) is 5.56 Å². The SMILES string of the molecule is N#Cc1ccc(-c2ccc(-c3ccc(-c4ccc5ccc6cccnc6c5n4)c4ccccc34)cc2)cc1. The minimum Gasteiger partial charge on any atom is -0.254 e. The van der Waals surface area contributed by atoms with Gasteiger partial charge in [-0.2, -0.15) is 5.26 Å². The summed E-state index contributed by atoms with van der Waals surface area (Å²) in [5.41, 5.74) is 9.13. The van der Waals surface area contributed by atoms with E-state index in [0.717, 1.165) is 49.8 Å². The largest absolute Gasteiger partial charge is 0.254 e. The Kier molecular flexibility index (Phi) is 5.17. The van der Waals surface area contributed by atoms with Crippen LogP contribution in [0, 0.1) is 11.3 Å². The maximum atomic E-state index is 9.07. The van der Waals surface area contributed by atoms with Crippen molar-refractivity contribution in [3.63, 3.8) is 0 Å². The average molecular weight is 484 g/mol. The molecule has 3 heteroatoms. The topological polar surface area (TPSA) is 49.6 Å². The summed E-state index contributed by atoms with van der Waals surface area (Å²) in [6, 6.07) is 43.9. The van der Waals surface area contributed by atoms with Crippen LogP contribution in [0.2, 0.25) is 0 Å². The molecule has 5 aromatic carbocycles. The number of aromatic nitrogens is 2. The van der Waals surface area contributed by atoms with E-state index < -0.39 is 0 Å². The molecule has 0 N–H and O–H groups in total. The van der Waals surface area contributed by atoms with E-state index >= 15 is 0 Å². The molecular formula is C35H21N3. The van der Waals surface area contributed by atoms with Crippen LogP contribution in [-0.4, -0.2) is 9.97 Å². The van der Waals surface area contributed by atoms with Gasteiger partial charge in [-0.15, -0.1) is 0 Å². The number of rotatable bonds is 3. The molecule has 0 aliphatic carbocycles. The molecule has 0 aliphatic rings. The third-order valence-corrected chi connectivity index (χ3v) is 7.18. The van der Waals surface area contributed by atoms with Crippen molar-refractivity contribution in [1.82, 2.24) is 9.97 Å². The van der Waals surface area contributed by atoms with Crippen molar-refractivity contribution in [3.8, 4) is 39.6 Å². The standard InChI is InChI=1S/C35H21N3/c36-22-23-7-9-24(10-8-23)25-11-13-26(14-12-25)29-18-19-32(31-6-2-1-5-30(29)31)33-20-17-28-16-15-27-4-3-21-37-34(27)35(28)38-33/h1-21H. The monoisotopic (exact) mass is 483 g/mol. The summed E-state index contributed by atoms with van der Waals surface area (Å²) in [5.74, 6) is 0. The third-order valence-electron chi connectivity index (χ3n) is 7.18. The first kappa shape index (κ1) is 21.9. The summed E-state index contributed by atoms with van der Waals surface area (Å²) < 4.78 is 0. The zero-order chi connectivity index (χ0) is 25.5. The fraction of sp³-hybridized carbons (Fsp3) is 0. The van der Waals surface area contributed by atoms with Gasteiger partial charge in [-0.25, -0.2) is 4.98 Å². The second kappa shape index (κ2) is 8.96. The smallest absolute Gasteiger partial charge is 0.0991 e. The van der Waals surface area contributed by atoms with E-state index in [2.05, 4.69) is 102 Å². The number of benzene rings is 5. The Bertz CT molecular complexity index is 2020. The Hall–Kier alpha value is -5.33. The van der Waals surface area contributed by atoms with Crippen LogP contribution < -0.4 is 0 Å². The van der Waals surface area contributed by atoms with Crippen LogP contribution in [0.25, 0.3) is 66.1 Å². The predicted molar refractivity (Wildman–Crippen MR) is 156 cm³/mol. The summed E-state index contributed by atoms with van der Waals surface area (Å²) >= 11 is 0. The molecule has 7 aromatic rings. The Labute approximate surface area is 220 Å². The van der Waals surface area contributed by atoms with Gasteiger partial charge in [-0.1, -0.05) is 97.1 Å². The highest BCUT2D eigenvalue weighted by atomic mass is 14.8. The van der Waals surface area contributed by atoms with Crippen molar-refractivity contribution in [1.29, 1.82) is 5.26 Å². The summed E-state index contributed by atoms with van der Waals surface area (Å²) in [7, 11) is 0. The lowest BCUT2D eigenvalue weighted by Gasteiger charge is -2.13. The van der Waals surface area contributed by atoms with Crippen molar-refractivity contribution in [2.24, 2.45) is 0 Å².